The molecule has 290 valence electrons. The molecule has 7 rings (SSSR count). The number of aromatic nitrogens is 3. The number of aromatic amines is 1. The van der Waals surface area contributed by atoms with Gasteiger partial charge in [0.05, 0.1) is 5.52 Å². The molecule has 0 bridgehead atoms. The van der Waals surface area contributed by atoms with E-state index in [4.69, 9.17) is 14.6 Å². The average molecular weight is 755 g/mol. The molecule has 3 fully saturated rings. The van der Waals surface area contributed by atoms with Crippen molar-refractivity contribution in [3.63, 3.8) is 0 Å². The zero-order valence-corrected chi connectivity index (χ0v) is 33.6. The maximum atomic E-state index is 14.3. The number of carbonyl (C=O) groups is 2. The van der Waals surface area contributed by atoms with E-state index in [2.05, 4.69) is 41.7 Å². The van der Waals surface area contributed by atoms with Gasteiger partial charge in [-0.05, 0) is 105 Å². The summed E-state index contributed by atoms with van der Waals surface area (Å²) in [4.78, 5) is 50.4. The third-order valence-corrected chi connectivity index (χ3v) is 13.4. The number of hydrogen-bond donors (Lipinski definition) is 1. The van der Waals surface area contributed by atoms with Crippen LogP contribution in [0.5, 0.6) is 0 Å². The van der Waals surface area contributed by atoms with Crippen molar-refractivity contribution in [2.75, 3.05) is 45.9 Å². The summed E-state index contributed by atoms with van der Waals surface area (Å²) >= 11 is 0. The summed E-state index contributed by atoms with van der Waals surface area (Å²) in [5.41, 5.74) is 4.35. The van der Waals surface area contributed by atoms with Crippen molar-refractivity contribution < 1.29 is 19.1 Å². The largest absolute Gasteiger partial charge is 0.436 e. The second-order valence-corrected chi connectivity index (χ2v) is 22.6. The highest BCUT2D eigenvalue weighted by atomic mass is 28.3. The van der Waals surface area contributed by atoms with Crippen molar-refractivity contribution in [2.24, 2.45) is 0 Å². The van der Waals surface area contributed by atoms with Gasteiger partial charge in [-0.25, -0.2) is 9.48 Å². The zero-order valence-electron chi connectivity index (χ0n) is 32.6. The van der Waals surface area contributed by atoms with Crippen LogP contribution in [0.1, 0.15) is 67.6 Å². The molecular formula is C42H58N6O5Si. The second-order valence-electron chi connectivity index (χ2n) is 17.0. The van der Waals surface area contributed by atoms with Gasteiger partial charge in [-0.1, -0.05) is 50.3 Å². The maximum Gasteiger partial charge on any atom is 0.410 e. The standard InChI is InChI=1S/C42H58N6O5Si/c1-30-24-31(25-34-28-48(44-39(30)34)29-52-22-23-54(2,3)4)26-38(41(50)46-20-14-35(15-21-46)45-16-8-5-9-17-45)53-42(51)47-18-12-32(13-19-47)36-27-33-10-6-7-11-37(33)43-40(36)49/h6-7,10-11,24-25,27-28,32,35,38H,5,8-9,12-23,26,29H2,1-4H3,(H,43,49)/t38-/m1/s1. The molecule has 0 radical (unpaired) electrons. The molecule has 1 N–H and O–H groups in total. The van der Waals surface area contributed by atoms with Crippen molar-refractivity contribution >= 4 is 41.9 Å². The van der Waals surface area contributed by atoms with Crippen LogP contribution in [0.3, 0.4) is 0 Å². The molecule has 12 heteroatoms. The first-order chi connectivity index (χ1) is 26.0. The van der Waals surface area contributed by atoms with E-state index in [0.29, 0.717) is 51.8 Å². The number of nitrogens with zero attached hydrogens (tertiary/aromatic N) is 5. The molecule has 0 saturated carbocycles. The van der Waals surface area contributed by atoms with Gasteiger partial charge in [-0.15, -0.1) is 0 Å². The number of para-hydroxylation sites is 1. The van der Waals surface area contributed by atoms with E-state index >= 15 is 0 Å². The van der Waals surface area contributed by atoms with Gasteiger partial charge in [0.25, 0.3) is 11.5 Å². The summed E-state index contributed by atoms with van der Waals surface area (Å²) in [5, 5.41) is 6.77. The summed E-state index contributed by atoms with van der Waals surface area (Å²) in [6, 6.07) is 15.5. The first-order valence-corrected chi connectivity index (χ1v) is 23.9. The summed E-state index contributed by atoms with van der Waals surface area (Å²) in [6.07, 6.45) is 7.87. The molecule has 3 saturated heterocycles. The summed E-state index contributed by atoms with van der Waals surface area (Å²) in [7, 11) is -1.18. The molecule has 5 heterocycles. The Hall–Kier alpha value is -4.00. The van der Waals surface area contributed by atoms with Crippen LogP contribution < -0.4 is 5.56 Å². The van der Waals surface area contributed by atoms with Gasteiger partial charge in [-0.2, -0.15) is 5.10 Å². The fraction of sp³-hybridized carbons (Fsp3) is 0.571. The number of piperidine rings is 3. The molecule has 3 aliphatic rings. The molecule has 2 amide bonds. The summed E-state index contributed by atoms with van der Waals surface area (Å²) in [6.45, 7) is 14.7. The Morgan fingerprint density at radius 1 is 0.907 bits per heavy atom. The average Bonchev–Trinajstić information content (AvgIpc) is 3.59. The Balaban J connectivity index is 1.04. The van der Waals surface area contributed by atoms with E-state index in [1.54, 1.807) is 4.90 Å². The number of likely N-dealkylation sites (tertiary alicyclic amines) is 3. The van der Waals surface area contributed by atoms with E-state index in [1.165, 1.54) is 19.3 Å². The van der Waals surface area contributed by atoms with Gasteiger partial charge < -0.3 is 29.2 Å². The number of hydrogen-bond acceptors (Lipinski definition) is 7. The first-order valence-electron chi connectivity index (χ1n) is 20.2. The lowest BCUT2D eigenvalue weighted by atomic mass is 9.89. The van der Waals surface area contributed by atoms with Crippen LogP contribution in [-0.2, 0) is 27.4 Å². The topological polar surface area (TPSA) is 113 Å². The normalized spacial score (nSPS) is 18.7. The molecule has 0 unspecified atom stereocenters. The lowest BCUT2D eigenvalue weighted by molar-refractivity contribution is -0.142. The number of H-pyrrole nitrogens is 1. The molecule has 2 aromatic heterocycles. The van der Waals surface area contributed by atoms with Gasteiger partial charge in [-0.3, -0.25) is 9.59 Å². The number of rotatable bonds is 11. The third-order valence-electron chi connectivity index (χ3n) is 11.7. The quantitative estimate of drug-likeness (QED) is 0.131. The van der Waals surface area contributed by atoms with Gasteiger partial charge >= 0.3 is 6.09 Å². The zero-order chi connectivity index (χ0) is 37.8. The van der Waals surface area contributed by atoms with Crippen molar-refractivity contribution in [3.05, 3.63) is 75.7 Å². The number of ether oxygens (including phenoxy) is 2. The second kappa shape index (κ2) is 16.8. The van der Waals surface area contributed by atoms with Crippen LogP contribution in [0.15, 0.2) is 53.5 Å². The molecule has 3 aliphatic heterocycles. The molecule has 4 aromatic rings. The van der Waals surface area contributed by atoms with Crippen molar-refractivity contribution in [2.45, 2.75) is 109 Å². The third kappa shape index (κ3) is 9.26. The number of aryl methyl sites for hydroxylation is 1. The van der Waals surface area contributed by atoms with Crippen LogP contribution in [0.2, 0.25) is 25.7 Å². The molecule has 0 aliphatic carbocycles. The maximum absolute atomic E-state index is 14.3. The number of carbonyl (C=O) groups excluding carboxylic acids is 2. The number of benzene rings is 2. The fourth-order valence-corrected chi connectivity index (χ4v) is 9.28. The molecule has 0 spiro atoms. The molecule has 54 heavy (non-hydrogen) atoms. The predicted octanol–water partition coefficient (Wildman–Crippen LogP) is 6.90. The van der Waals surface area contributed by atoms with Gasteiger partial charge in [0.2, 0.25) is 0 Å². The lowest BCUT2D eigenvalue weighted by Crippen LogP contribution is -2.52. The molecular weight excluding hydrogens is 697 g/mol. The van der Waals surface area contributed by atoms with Crippen molar-refractivity contribution in [1.82, 2.24) is 29.5 Å². The Morgan fingerprint density at radius 3 is 2.37 bits per heavy atom. The highest BCUT2D eigenvalue weighted by Gasteiger charge is 2.35. The Bertz CT molecular complexity index is 1980. The highest BCUT2D eigenvalue weighted by Crippen LogP contribution is 2.29. The summed E-state index contributed by atoms with van der Waals surface area (Å²) in [5.74, 6) is -0.0790. The molecule has 1 atom stereocenters. The minimum atomic E-state index is -1.18. The Kier molecular flexibility index (Phi) is 11.9. The van der Waals surface area contributed by atoms with E-state index in [9.17, 15) is 14.4 Å². The number of nitrogens with one attached hydrogen (secondary N) is 1. The SMILES string of the molecule is Cc1cc(C[C@@H](OC(=O)N2CCC(c3cc4ccccc4[nH]c3=O)CC2)C(=O)N2CCC(N3CCCCC3)CC2)cc2cn(COCC[Si](C)(C)C)nc12. The predicted molar refractivity (Wildman–Crippen MR) is 216 cm³/mol. The van der Waals surface area contributed by atoms with Crippen LogP contribution >= 0.6 is 0 Å². The lowest BCUT2D eigenvalue weighted by Gasteiger charge is -2.41. The van der Waals surface area contributed by atoms with Crippen molar-refractivity contribution in [3.8, 4) is 0 Å². The van der Waals surface area contributed by atoms with Gasteiger partial charge in [0, 0.05) is 76.0 Å². The first kappa shape index (κ1) is 38.3. The van der Waals surface area contributed by atoms with Gasteiger partial charge in [0.15, 0.2) is 6.10 Å². The van der Waals surface area contributed by atoms with Crippen LogP contribution in [-0.4, -0.2) is 108 Å². The minimum Gasteiger partial charge on any atom is -0.436 e. The fourth-order valence-electron chi connectivity index (χ4n) is 8.53. The Labute approximate surface area is 320 Å². The number of pyridine rings is 1. The minimum absolute atomic E-state index is 0.0439. The van der Waals surface area contributed by atoms with E-state index in [1.807, 2.05) is 53.0 Å². The molecule has 11 nitrogen and oxygen atoms in total. The van der Waals surface area contributed by atoms with Crippen LogP contribution in [0.4, 0.5) is 4.79 Å². The van der Waals surface area contributed by atoms with Crippen LogP contribution in [0.25, 0.3) is 21.8 Å². The van der Waals surface area contributed by atoms with Crippen molar-refractivity contribution in [1.29, 1.82) is 0 Å². The smallest absolute Gasteiger partial charge is 0.410 e. The summed E-state index contributed by atoms with van der Waals surface area (Å²) < 4.78 is 14.0. The van der Waals surface area contributed by atoms with E-state index < -0.39 is 20.3 Å². The van der Waals surface area contributed by atoms with Crippen LogP contribution in [0, 0.1) is 6.92 Å². The monoisotopic (exact) mass is 754 g/mol. The number of fused-ring (bicyclic) bond motifs is 2. The highest BCUT2D eigenvalue weighted by molar-refractivity contribution is 6.76. The molecule has 2 aromatic carbocycles. The van der Waals surface area contributed by atoms with E-state index in [0.717, 1.165) is 77.1 Å². The van der Waals surface area contributed by atoms with Gasteiger partial charge in [0.1, 0.15) is 6.73 Å². The van der Waals surface area contributed by atoms with E-state index in [-0.39, 0.29) is 23.8 Å². The Morgan fingerprint density at radius 2 is 1.63 bits per heavy atom. The number of amides is 2.